The highest BCUT2D eigenvalue weighted by atomic mass is 35.5. The Labute approximate surface area is 146 Å². The highest BCUT2D eigenvalue weighted by Crippen LogP contribution is 2.23. The standard InChI is InChI=1S/C18H18Cl2N2O/c19-15-6-5-13(16(20)10-15)9-17(21)18(23)22-8-7-12-3-1-2-4-14(12)11-22/h1-6,10,17H,7-9,11,21H2/t17-/m1/s1. The first-order valence-corrected chi connectivity index (χ1v) is 8.35. The van der Waals surface area contributed by atoms with Gasteiger partial charge in [0, 0.05) is 23.1 Å². The van der Waals surface area contributed by atoms with E-state index in [1.807, 2.05) is 23.1 Å². The van der Waals surface area contributed by atoms with Crippen molar-refractivity contribution in [2.75, 3.05) is 6.54 Å². The normalized spacial score (nSPS) is 15.2. The fraction of sp³-hybridized carbons (Fsp3) is 0.278. The number of halogens is 2. The number of nitrogens with two attached hydrogens (primary N) is 1. The molecule has 0 aromatic heterocycles. The van der Waals surface area contributed by atoms with Gasteiger partial charge in [0.15, 0.2) is 0 Å². The van der Waals surface area contributed by atoms with Crippen molar-refractivity contribution in [1.29, 1.82) is 0 Å². The third kappa shape index (κ3) is 3.69. The molecule has 5 heteroatoms. The number of amides is 1. The molecule has 2 aromatic carbocycles. The van der Waals surface area contributed by atoms with Crippen molar-refractivity contribution >= 4 is 29.1 Å². The molecule has 23 heavy (non-hydrogen) atoms. The van der Waals surface area contributed by atoms with Crippen LogP contribution in [0.4, 0.5) is 0 Å². The van der Waals surface area contributed by atoms with Crippen LogP contribution >= 0.6 is 23.2 Å². The maximum absolute atomic E-state index is 12.6. The van der Waals surface area contributed by atoms with E-state index in [1.54, 1.807) is 12.1 Å². The summed E-state index contributed by atoms with van der Waals surface area (Å²) in [6, 6.07) is 12.9. The van der Waals surface area contributed by atoms with E-state index in [0.29, 0.717) is 29.6 Å². The van der Waals surface area contributed by atoms with Gasteiger partial charge in [-0.2, -0.15) is 0 Å². The highest BCUT2D eigenvalue weighted by Gasteiger charge is 2.25. The van der Waals surface area contributed by atoms with E-state index >= 15 is 0 Å². The van der Waals surface area contributed by atoms with Crippen LogP contribution < -0.4 is 5.73 Å². The summed E-state index contributed by atoms with van der Waals surface area (Å²) in [5.74, 6) is -0.0366. The maximum atomic E-state index is 12.6. The van der Waals surface area contributed by atoms with Gasteiger partial charge in [-0.1, -0.05) is 53.5 Å². The van der Waals surface area contributed by atoms with Crippen molar-refractivity contribution in [3.05, 3.63) is 69.2 Å². The minimum absolute atomic E-state index is 0.0366. The summed E-state index contributed by atoms with van der Waals surface area (Å²) in [5, 5.41) is 1.12. The number of benzene rings is 2. The molecule has 0 aliphatic carbocycles. The fourth-order valence-electron chi connectivity index (χ4n) is 2.93. The number of fused-ring (bicyclic) bond motifs is 1. The van der Waals surface area contributed by atoms with Gasteiger partial charge >= 0.3 is 0 Å². The molecule has 1 heterocycles. The summed E-state index contributed by atoms with van der Waals surface area (Å²) in [6.45, 7) is 1.33. The molecule has 0 unspecified atom stereocenters. The summed E-state index contributed by atoms with van der Waals surface area (Å²) in [6.07, 6.45) is 1.28. The predicted molar refractivity (Wildman–Crippen MR) is 93.7 cm³/mol. The Morgan fingerprint density at radius 2 is 1.91 bits per heavy atom. The zero-order valence-corrected chi connectivity index (χ0v) is 14.1. The Morgan fingerprint density at radius 3 is 2.65 bits per heavy atom. The molecular weight excluding hydrogens is 331 g/mol. The maximum Gasteiger partial charge on any atom is 0.240 e. The lowest BCUT2D eigenvalue weighted by Gasteiger charge is -2.31. The third-order valence-corrected chi connectivity index (χ3v) is 4.80. The SMILES string of the molecule is N[C@H](Cc1ccc(Cl)cc1Cl)C(=O)N1CCc2ccccc2C1. The van der Waals surface area contributed by atoms with Crippen LogP contribution in [0.25, 0.3) is 0 Å². The Bertz CT molecular complexity index is 733. The Hall–Kier alpha value is -1.55. The number of nitrogens with zero attached hydrogens (tertiary/aromatic N) is 1. The smallest absolute Gasteiger partial charge is 0.240 e. The molecule has 1 atom stereocenters. The van der Waals surface area contributed by atoms with Gasteiger partial charge in [-0.15, -0.1) is 0 Å². The molecule has 0 spiro atoms. The van der Waals surface area contributed by atoms with Gasteiger partial charge < -0.3 is 10.6 Å². The Morgan fingerprint density at radius 1 is 1.17 bits per heavy atom. The molecule has 1 amide bonds. The van der Waals surface area contributed by atoms with Gasteiger partial charge in [0.1, 0.15) is 0 Å². The molecule has 0 fully saturated rings. The molecule has 0 saturated heterocycles. The lowest BCUT2D eigenvalue weighted by atomic mass is 9.98. The minimum atomic E-state index is -0.598. The molecule has 0 radical (unpaired) electrons. The quantitative estimate of drug-likeness (QED) is 0.923. The molecule has 3 rings (SSSR count). The van der Waals surface area contributed by atoms with Gasteiger partial charge in [-0.3, -0.25) is 4.79 Å². The van der Waals surface area contributed by atoms with Crippen molar-refractivity contribution in [1.82, 2.24) is 4.90 Å². The van der Waals surface area contributed by atoms with Gasteiger partial charge in [-0.05, 0) is 41.7 Å². The Kier molecular flexibility index (Phi) is 4.90. The van der Waals surface area contributed by atoms with Gasteiger partial charge in [0.25, 0.3) is 0 Å². The number of carbonyl (C=O) groups excluding carboxylic acids is 1. The minimum Gasteiger partial charge on any atom is -0.337 e. The van der Waals surface area contributed by atoms with Crippen LogP contribution in [0, 0.1) is 0 Å². The molecule has 120 valence electrons. The molecule has 2 N–H and O–H groups in total. The van der Waals surface area contributed by atoms with E-state index in [0.717, 1.165) is 12.0 Å². The predicted octanol–water partition coefficient (Wildman–Crippen LogP) is 3.45. The zero-order chi connectivity index (χ0) is 16.4. The summed E-state index contributed by atoms with van der Waals surface area (Å²) in [7, 11) is 0. The van der Waals surface area contributed by atoms with Crippen LogP contribution in [0.1, 0.15) is 16.7 Å². The summed E-state index contributed by atoms with van der Waals surface area (Å²) >= 11 is 12.1. The van der Waals surface area contributed by atoms with Gasteiger partial charge in [0.05, 0.1) is 6.04 Å². The van der Waals surface area contributed by atoms with Crippen molar-refractivity contribution in [2.24, 2.45) is 5.73 Å². The number of hydrogen-bond donors (Lipinski definition) is 1. The zero-order valence-electron chi connectivity index (χ0n) is 12.6. The first-order chi connectivity index (χ1) is 11.0. The molecule has 1 aliphatic heterocycles. The summed E-state index contributed by atoms with van der Waals surface area (Å²) < 4.78 is 0. The van der Waals surface area contributed by atoms with E-state index in [9.17, 15) is 4.79 Å². The Balaban J connectivity index is 1.68. The lowest BCUT2D eigenvalue weighted by Crippen LogP contribution is -2.46. The van der Waals surface area contributed by atoms with E-state index in [2.05, 4.69) is 12.1 Å². The average molecular weight is 349 g/mol. The fourth-order valence-corrected chi connectivity index (χ4v) is 3.42. The largest absolute Gasteiger partial charge is 0.337 e. The molecule has 3 nitrogen and oxygen atoms in total. The number of rotatable bonds is 3. The number of carbonyl (C=O) groups is 1. The monoisotopic (exact) mass is 348 g/mol. The van der Waals surface area contributed by atoms with E-state index in [4.69, 9.17) is 28.9 Å². The molecular formula is C18H18Cl2N2O. The summed E-state index contributed by atoms with van der Waals surface area (Å²) in [5.41, 5.74) is 9.48. The highest BCUT2D eigenvalue weighted by molar-refractivity contribution is 6.35. The molecule has 0 saturated carbocycles. The molecule has 0 bridgehead atoms. The van der Waals surface area contributed by atoms with Crippen LogP contribution in [0.3, 0.4) is 0 Å². The first-order valence-electron chi connectivity index (χ1n) is 7.59. The van der Waals surface area contributed by atoms with E-state index in [-0.39, 0.29) is 5.91 Å². The van der Waals surface area contributed by atoms with Crippen LogP contribution in [0.15, 0.2) is 42.5 Å². The topological polar surface area (TPSA) is 46.3 Å². The molecule has 1 aliphatic rings. The van der Waals surface area contributed by atoms with Crippen LogP contribution in [-0.4, -0.2) is 23.4 Å². The summed E-state index contributed by atoms with van der Waals surface area (Å²) in [4.78, 5) is 14.5. The van der Waals surface area contributed by atoms with Crippen LogP contribution in [0.2, 0.25) is 10.0 Å². The lowest BCUT2D eigenvalue weighted by molar-refractivity contribution is -0.133. The molecule has 2 aromatic rings. The van der Waals surface area contributed by atoms with Crippen LogP contribution in [-0.2, 0) is 24.2 Å². The van der Waals surface area contributed by atoms with Crippen molar-refractivity contribution in [2.45, 2.75) is 25.4 Å². The van der Waals surface area contributed by atoms with Crippen molar-refractivity contribution in [3.63, 3.8) is 0 Å². The first kappa shape index (κ1) is 16.3. The second-order valence-electron chi connectivity index (χ2n) is 5.82. The van der Waals surface area contributed by atoms with Gasteiger partial charge in [0.2, 0.25) is 5.91 Å². The van der Waals surface area contributed by atoms with Crippen LogP contribution in [0.5, 0.6) is 0 Å². The average Bonchev–Trinajstić information content (AvgIpc) is 2.56. The van der Waals surface area contributed by atoms with E-state index < -0.39 is 6.04 Å². The second kappa shape index (κ2) is 6.91. The van der Waals surface area contributed by atoms with Crippen molar-refractivity contribution < 1.29 is 4.79 Å². The second-order valence-corrected chi connectivity index (χ2v) is 6.67. The van der Waals surface area contributed by atoms with Gasteiger partial charge in [-0.25, -0.2) is 0 Å². The van der Waals surface area contributed by atoms with E-state index in [1.165, 1.54) is 11.1 Å². The number of hydrogen-bond acceptors (Lipinski definition) is 2. The van der Waals surface area contributed by atoms with Crippen molar-refractivity contribution in [3.8, 4) is 0 Å². The third-order valence-electron chi connectivity index (χ3n) is 4.21.